The Morgan fingerprint density at radius 3 is 1.98 bits per heavy atom. The van der Waals surface area contributed by atoms with Crippen LogP contribution in [0.2, 0.25) is 5.02 Å². The standard InChI is InChI=1S/C18H15NO3.C14H14ClNO2/c1-12-15(11-17(20)21)14-9-5-6-10-16(14)19(12)18(22)13-7-3-2-4-8-13;1-9-7-11(8-14(17)18)10(2)16(9)13-5-3-12(15)4-6-13/h2-10H,11H2,1H3,(H,20,21);3-7H,8H2,1-2H3,(H,17,18). The van der Waals surface area contributed by atoms with Gasteiger partial charge in [0.1, 0.15) is 0 Å². The molecule has 0 unspecified atom stereocenters. The minimum absolute atomic E-state index is 0.0489. The second-order valence-electron chi connectivity index (χ2n) is 9.44. The molecule has 0 saturated heterocycles. The van der Waals surface area contributed by atoms with Gasteiger partial charge in [-0.2, -0.15) is 0 Å². The number of carboxylic acid groups (broad SMARTS) is 2. The first kappa shape index (κ1) is 28.4. The van der Waals surface area contributed by atoms with E-state index in [1.807, 2.05) is 91.2 Å². The average Bonchev–Trinajstić information content (AvgIpc) is 3.36. The maximum Gasteiger partial charge on any atom is 0.307 e. The van der Waals surface area contributed by atoms with Crippen molar-refractivity contribution in [3.05, 3.63) is 124 Å². The molecular formula is C32H29ClN2O5. The van der Waals surface area contributed by atoms with Crippen LogP contribution in [-0.2, 0) is 22.4 Å². The van der Waals surface area contributed by atoms with E-state index in [0.29, 0.717) is 21.8 Å². The zero-order chi connectivity index (χ0) is 29.0. The number of nitrogens with zero attached hydrogens (tertiary/aromatic N) is 2. The molecule has 0 amide bonds. The van der Waals surface area contributed by atoms with E-state index in [0.717, 1.165) is 33.5 Å². The molecule has 0 spiro atoms. The van der Waals surface area contributed by atoms with Gasteiger partial charge in [0, 0.05) is 38.7 Å². The van der Waals surface area contributed by atoms with Crippen LogP contribution in [0.5, 0.6) is 0 Å². The van der Waals surface area contributed by atoms with Crippen LogP contribution in [0, 0.1) is 20.8 Å². The number of rotatable bonds is 6. The van der Waals surface area contributed by atoms with E-state index in [1.54, 1.807) is 23.6 Å². The van der Waals surface area contributed by atoms with Crippen LogP contribution in [0.1, 0.15) is 38.6 Å². The Kier molecular flexibility index (Phi) is 8.55. The maximum atomic E-state index is 12.8. The number of halogens is 1. The molecular weight excluding hydrogens is 528 g/mol. The van der Waals surface area contributed by atoms with Crippen molar-refractivity contribution in [1.82, 2.24) is 9.13 Å². The lowest BCUT2D eigenvalue weighted by molar-refractivity contribution is -0.137. The number of carboxylic acids is 2. The van der Waals surface area contributed by atoms with Gasteiger partial charge in [0.2, 0.25) is 0 Å². The lowest BCUT2D eigenvalue weighted by Gasteiger charge is -2.09. The summed E-state index contributed by atoms with van der Waals surface area (Å²) in [6.45, 7) is 5.69. The highest BCUT2D eigenvalue weighted by atomic mass is 35.5. The number of benzene rings is 3. The van der Waals surface area contributed by atoms with Crippen molar-refractivity contribution >= 4 is 40.3 Å². The predicted molar refractivity (Wildman–Crippen MR) is 156 cm³/mol. The lowest BCUT2D eigenvalue weighted by atomic mass is 10.1. The van der Waals surface area contributed by atoms with E-state index < -0.39 is 11.9 Å². The summed E-state index contributed by atoms with van der Waals surface area (Å²) in [5.74, 6) is -1.87. The quantitative estimate of drug-likeness (QED) is 0.244. The third-order valence-corrected chi connectivity index (χ3v) is 7.01. The molecule has 0 aliphatic carbocycles. The third kappa shape index (κ3) is 6.00. The molecule has 204 valence electrons. The Balaban J connectivity index is 0.000000189. The van der Waals surface area contributed by atoms with Gasteiger partial charge in [0.15, 0.2) is 0 Å². The number of carbonyl (C=O) groups is 3. The van der Waals surface area contributed by atoms with Crippen LogP contribution >= 0.6 is 11.6 Å². The first-order valence-corrected chi connectivity index (χ1v) is 13.0. The van der Waals surface area contributed by atoms with E-state index in [-0.39, 0.29) is 18.7 Å². The van der Waals surface area contributed by atoms with Crippen molar-refractivity contribution in [1.29, 1.82) is 0 Å². The monoisotopic (exact) mass is 556 g/mol. The number of carbonyl (C=O) groups excluding carboxylic acids is 1. The molecule has 0 bridgehead atoms. The number of hydrogen-bond donors (Lipinski definition) is 2. The predicted octanol–water partition coefficient (Wildman–Crippen LogP) is 6.64. The molecule has 8 heteroatoms. The number of aromatic nitrogens is 2. The van der Waals surface area contributed by atoms with Gasteiger partial charge in [-0.1, -0.05) is 48.0 Å². The maximum absolute atomic E-state index is 12.8. The molecule has 5 rings (SSSR count). The van der Waals surface area contributed by atoms with Crippen molar-refractivity contribution in [2.75, 3.05) is 0 Å². The third-order valence-electron chi connectivity index (χ3n) is 6.76. The highest BCUT2D eigenvalue weighted by Crippen LogP contribution is 2.27. The zero-order valence-corrected chi connectivity index (χ0v) is 23.1. The summed E-state index contributed by atoms with van der Waals surface area (Å²) < 4.78 is 3.64. The summed E-state index contributed by atoms with van der Waals surface area (Å²) in [6.07, 6.45) is -0.0469. The Morgan fingerprint density at radius 1 is 0.750 bits per heavy atom. The Hall–Kier alpha value is -4.62. The van der Waals surface area contributed by atoms with Crippen molar-refractivity contribution in [2.24, 2.45) is 0 Å². The zero-order valence-electron chi connectivity index (χ0n) is 22.4. The summed E-state index contributed by atoms with van der Waals surface area (Å²) in [4.78, 5) is 34.7. The molecule has 5 aromatic rings. The molecule has 0 aliphatic heterocycles. The van der Waals surface area contributed by atoms with E-state index in [1.165, 1.54) is 0 Å². The van der Waals surface area contributed by atoms with Crippen molar-refractivity contribution in [2.45, 2.75) is 33.6 Å². The fraction of sp³-hybridized carbons (Fsp3) is 0.156. The average molecular weight is 557 g/mol. The van der Waals surface area contributed by atoms with Gasteiger partial charge in [-0.05, 0) is 80.4 Å². The first-order chi connectivity index (χ1) is 19.1. The Labute approximate surface area is 236 Å². The SMILES string of the molecule is Cc1c(CC(=O)O)c2ccccc2n1C(=O)c1ccccc1.Cc1cc(CC(=O)O)c(C)n1-c1ccc(Cl)cc1. The Morgan fingerprint density at radius 2 is 1.35 bits per heavy atom. The second-order valence-corrected chi connectivity index (χ2v) is 9.87. The molecule has 0 fully saturated rings. The smallest absolute Gasteiger partial charge is 0.307 e. The van der Waals surface area contributed by atoms with Crippen molar-refractivity contribution < 1.29 is 24.6 Å². The molecule has 2 N–H and O–H groups in total. The molecule has 0 radical (unpaired) electrons. The molecule has 2 aromatic heterocycles. The first-order valence-electron chi connectivity index (χ1n) is 12.6. The van der Waals surface area contributed by atoms with Crippen LogP contribution in [-0.4, -0.2) is 37.2 Å². The molecule has 40 heavy (non-hydrogen) atoms. The summed E-state index contributed by atoms with van der Waals surface area (Å²) in [7, 11) is 0. The Bertz CT molecular complexity index is 1700. The van der Waals surface area contributed by atoms with Gasteiger partial charge < -0.3 is 14.8 Å². The van der Waals surface area contributed by atoms with E-state index in [4.69, 9.17) is 21.8 Å². The summed E-state index contributed by atoms with van der Waals surface area (Å²) >= 11 is 5.87. The fourth-order valence-corrected chi connectivity index (χ4v) is 5.06. The number of aryl methyl sites for hydroxylation is 1. The van der Waals surface area contributed by atoms with E-state index >= 15 is 0 Å². The number of fused-ring (bicyclic) bond motifs is 1. The van der Waals surface area contributed by atoms with Gasteiger partial charge >= 0.3 is 11.9 Å². The highest BCUT2D eigenvalue weighted by Gasteiger charge is 2.20. The molecule has 0 atom stereocenters. The van der Waals surface area contributed by atoms with Gasteiger partial charge in [-0.15, -0.1) is 0 Å². The summed E-state index contributed by atoms with van der Waals surface area (Å²) in [5, 5.41) is 19.5. The topological polar surface area (TPSA) is 102 Å². The lowest BCUT2D eigenvalue weighted by Crippen LogP contribution is -2.14. The van der Waals surface area contributed by atoms with Gasteiger partial charge in [0.25, 0.3) is 5.91 Å². The van der Waals surface area contributed by atoms with E-state index in [2.05, 4.69) is 0 Å². The van der Waals surface area contributed by atoms with Crippen LogP contribution in [0.25, 0.3) is 16.6 Å². The van der Waals surface area contributed by atoms with Crippen molar-refractivity contribution in [3.8, 4) is 5.69 Å². The van der Waals surface area contributed by atoms with E-state index in [9.17, 15) is 14.4 Å². The van der Waals surface area contributed by atoms with Gasteiger partial charge in [-0.25, -0.2) is 0 Å². The van der Waals surface area contributed by atoms with Crippen LogP contribution < -0.4 is 0 Å². The minimum Gasteiger partial charge on any atom is -0.481 e. The number of aliphatic carboxylic acids is 2. The van der Waals surface area contributed by atoms with Crippen LogP contribution in [0.3, 0.4) is 0 Å². The minimum atomic E-state index is -0.904. The van der Waals surface area contributed by atoms with Gasteiger partial charge in [-0.3, -0.25) is 19.0 Å². The fourth-order valence-electron chi connectivity index (χ4n) is 4.94. The summed E-state index contributed by atoms with van der Waals surface area (Å²) in [5.41, 5.74) is 6.49. The number of hydrogen-bond acceptors (Lipinski definition) is 3. The molecule has 0 aliphatic rings. The second kappa shape index (κ2) is 12.1. The summed E-state index contributed by atoms with van der Waals surface area (Å²) in [6, 6.07) is 25.8. The highest BCUT2D eigenvalue weighted by molar-refractivity contribution is 6.30. The normalized spacial score (nSPS) is 10.7. The molecule has 3 aromatic carbocycles. The largest absolute Gasteiger partial charge is 0.481 e. The molecule has 0 saturated carbocycles. The number of para-hydroxylation sites is 1. The van der Waals surface area contributed by atoms with Gasteiger partial charge in [0.05, 0.1) is 18.4 Å². The van der Waals surface area contributed by atoms with Crippen LogP contribution in [0.4, 0.5) is 0 Å². The van der Waals surface area contributed by atoms with Crippen LogP contribution in [0.15, 0.2) is 84.9 Å². The van der Waals surface area contributed by atoms with Crippen molar-refractivity contribution in [3.63, 3.8) is 0 Å². The molecule has 7 nitrogen and oxygen atoms in total. The molecule has 2 heterocycles.